The Morgan fingerprint density at radius 1 is 1.44 bits per heavy atom. The first kappa shape index (κ1) is 14.5. The van der Waals surface area contributed by atoms with E-state index in [1.807, 2.05) is 25.2 Å². The van der Waals surface area contributed by atoms with Crippen molar-refractivity contribution in [1.82, 2.24) is 10.2 Å². The summed E-state index contributed by atoms with van der Waals surface area (Å²) in [6, 6.07) is 0. The molecule has 98 valence electrons. The Morgan fingerprint density at radius 2 is 2.17 bits per heavy atom. The van der Waals surface area contributed by atoms with E-state index in [2.05, 4.69) is 18.0 Å². The van der Waals surface area contributed by atoms with Gasteiger partial charge in [-0.2, -0.15) is 0 Å². The Labute approximate surface area is 110 Å². The maximum Gasteiger partial charge on any atom is 0.252 e. The molecule has 1 heterocycles. The lowest BCUT2D eigenvalue weighted by atomic mass is 10.0. The fraction of sp³-hybridized carbons (Fsp3) is 0.400. The predicted molar refractivity (Wildman–Crippen MR) is 76.3 cm³/mol. The molecule has 3 heteroatoms. The SMILES string of the molecule is C=C(/C=C\C(=C/C)C(=O)N(C)C)C1=CCNCC1. The van der Waals surface area contributed by atoms with Gasteiger partial charge in [0.25, 0.3) is 5.91 Å². The Bertz CT molecular complexity index is 414. The molecule has 0 saturated carbocycles. The highest BCUT2D eigenvalue weighted by atomic mass is 16.2. The lowest BCUT2D eigenvalue weighted by molar-refractivity contribution is -0.124. The maximum atomic E-state index is 11.8. The highest BCUT2D eigenvalue weighted by molar-refractivity contribution is 5.95. The largest absolute Gasteiger partial charge is 0.345 e. The third-order valence-corrected chi connectivity index (χ3v) is 2.90. The molecule has 0 aromatic carbocycles. The van der Waals surface area contributed by atoms with Crippen LogP contribution in [0.2, 0.25) is 0 Å². The van der Waals surface area contributed by atoms with Crippen LogP contribution in [0.15, 0.2) is 47.6 Å². The molecule has 0 atom stereocenters. The third-order valence-electron chi connectivity index (χ3n) is 2.90. The number of rotatable bonds is 4. The molecule has 1 aliphatic heterocycles. The van der Waals surface area contributed by atoms with Gasteiger partial charge in [-0.25, -0.2) is 0 Å². The van der Waals surface area contributed by atoms with Crippen LogP contribution in [-0.2, 0) is 4.79 Å². The van der Waals surface area contributed by atoms with Crippen LogP contribution >= 0.6 is 0 Å². The monoisotopic (exact) mass is 246 g/mol. The van der Waals surface area contributed by atoms with Gasteiger partial charge < -0.3 is 10.2 Å². The standard InChI is InChI=1S/C15H22N2O/c1-5-13(15(18)17(3)4)7-6-12(2)14-8-10-16-11-9-14/h5-8,16H,2,9-11H2,1,3-4H3/b7-6-,13-5+. The first-order valence-electron chi connectivity index (χ1n) is 6.21. The quantitative estimate of drug-likeness (QED) is 0.608. The molecular weight excluding hydrogens is 224 g/mol. The first-order valence-corrected chi connectivity index (χ1v) is 6.21. The molecule has 0 unspecified atom stereocenters. The topological polar surface area (TPSA) is 32.3 Å². The van der Waals surface area contributed by atoms with Crippen molar-refractivity contribution in [2.45, 2.75) is 13.3 Å². The second-order valence-corrected chi connectivity index (χ2v) is 4.49. The second kappa shape index (κ2) is 6.97. The number of nitrogens with zero attached hydrogens (tertiary/aromatic N) is 1. The zero-order chi connectivity index (χ0) is 13.5. The Hall–Kier alpha value is -1.61. The zero-order valence-electron chi connectivity index (χ0n) is 11.5. The predicted octanol–water partition coefficient (Wildman–Crippen LogP) is 2.05. The molecule has 1 N–H and O–H groups in total. The average Bonchev–Trinajstić information content (AvgIpc) is 2.39. The molecule has 0 aliphatic carbocycles. The molecule has 1 aliphatic rings. The van der Waals surface area contributed by atoms with Crippen molar-refractivity contribution < 1.29 is 4.79 Å². The van der Waals surface area contributed by atoms with E-state index in [4.69, 9.17) is 0 Å². The summed E-state index contributed by atoms with van der Waals surface area (Å²) >= 11 is 0. The zero-order valence-corrected chi connectivity index (χ0v) is 11.5. The van der Waals surface area contributed by atoms with Gasteiger partial charge in [0.2, 0.25) is 0 Å². The number of carbonyl (C=O) groups excluding carboxylic acids is 1. The van der Waals surface area contributed by atoms with Gasteiger partial charge in [-0.05, 0) is 37.1 Å². The highest BCUT2D eigenvalue weighted by Crippen LogP contribution is 2.16. The number of amides is 1. The van der Waals surface area contributed by atoms with E-state index in [0.717, 1.165) is 25.1 Å². The van der Waals surface area contributed by atoms with Crippen LogP contribution < -0.4 is 5.32 Å². The fourth-order valence-electron chi connectivity index (χ4n) is 1.76. The van der Waals surface area contributed by atoms with E-state index in [-0.39, 0.29) is 5.91 Å². The molecule has 18 heavy (non-hydrogen) atoms. The molecule has 0 spiro atoms. The second-order valence-electron chi connectivity index (χ2n) is 4.49. The summed E-state index contributed by atoms with van der Waals surface area (Å²) in [5.74, 6) is 0.0147. The van der Waals surface area contributed by atoms with Gasteiger partial charge in [0, 0.05) is 26.2 Å². The molecule has 0 fully saturated rings. The molecule has 0 saturated heterocycles. The number of hydrogen-bond donors (Lipinski definition) is 1. The molecule has 1 amide bonds. The van der Waals surface area contributed by atoms with Crippen molar-refractivity contribution in [3.05, 3.63) is 47.6 Å². The van der Waals surface area contributed by atoms with E-state index in [1.54, 1.807) is 19.0 Å². The van der Waals surface area contributed by atoms with Crippen molar-refractivity contribution in [3.63, 3.8) is 0 Å². The minimum absolute atomic E-state index is 0.0147. The van der Waals surface area contributed by atoms with Gasteiger partial charge in [0.15, 0.2) is 0 Å². The summed E-state index contributed by atoms with van der Waals surface area (Å²) in [7, 11) is 3.51. The van der Waals surface area contributed by atoms with Crippen LogP contribution in [0.3, 0.4) is 0 Å². The fourth-order valence-corrected chi connectivity index (χ4v) is 1.76. The van der Waals surface area contributed by atoms with Crippen LogP contribution in [0.1, 0.15) is 13.3 Å². The van der Waals surface area contributed by atoms with Gasteiger partial charge in [-0.15, -0.1) is 0 Å². The summed E-state index contributed by atoms with van der Waals surface area (Å²) < 4.78 is 0. The highest BCUT2D eigenvalue weighted by Gasteiger charge is 2.08. The van der Waals surface area contributed by atoms with Crippen LogP contribution in [-0.4, -0.2) is 38.0 Å². The van der Waals surface area contributed by atoms with Crippen molar-refractivity contribution in [3.8, 4) is 0 Å². The first-order chi connectivity index (χ1) is 8.56. The van der Waals surface area contributed by atoms with Crippen LogP contribution in [0.4, 0.5) is 0 Å². The Kier molecular flexibility index (Phi) is 5.59. The molecule has 0 aromatic rings. The summed E-state index contributed by atoms with van der Waals surface area (Å²) in [6.45, 7) is 7.81. The summed E-state index contributed by atoms with van der Waals surface area (Å²) in [5, 5.41) is 3.27. The van der Waals surface area contributed by atoms with E-state index in [0.29, 0.717) is 5.57 Å². The lowest BCUT2D eigenvalue weighted by Crippen LogP contribution is -2.22. The van der Waals surface area contributed by atoms with Gasteiger partial charge in [0.1, 0.15) is 0 Å². The van der Waals surface area contributed by atoms with Crippen molar-refractivity contribution in [2.75, 3.05) is 27.2 Å². The van der Waals surface area contributed by atoms with Crippen molar-refractivity contribution in [2.24, 2.45) is 0 Å². The summed E-state index contributed by atoms with van der Waals surface area (Å²) in [5.41, 5.74) is 2.94. The van der Waals surface area contributed by atoms with E-state index >= 15 is 0 Å². The maximum absolute atomic E-state index is 11.8. The van der Waals surface area contributed by atoms with Gasteiger partial charge in [0.05, 0.1) is 0 Å². The molecule has 3 nitrogen and oxygen atoms in total. The summed E-state index contributed by atoms with van der Waals surface area (Å²) in [6.07, 6.45) is 8.74. The van der Waals surface area contributed by atoms with Crippen LogP contribution in [0.5, 0.6) is 0 Å². The minimum Gasteiger partial charge on any atom is -0.345 e. The van der Waals surface area contributed by atoms with E-state index in [9.17, 15) is 4.79 Å². The number of carbonyl (C=O) groups is 1. The lowest BCUT2D eigenvalue weighted by Gasteiger charge is -2.14. The molecule has 0 bridgehead atoms. The van der Waals surface area contributed by atoms with Gasteiger partial charge in [-0.1, -0.05) is 24.8 Å². The van der Waals surface area contributed by atoms with E-state index in [1.165, 1.54) is 5.57 Å². The van der Waals surface area contributed by atoms with Gasteiger partial charge in [-0.3, -0.25) is 4.79 Å². The Morgan fingerprint density at radius 3 is 2.67 bits per heavy atom. The van der Waals surface area contributed by atoms with Crippen molar-refractivity contribution >= 4 is 5.91 Å². The average molecular weight is 246 g/mol. The number of allylic oxidation sites excluding steroid dienone is 3. The smallest absolute Gasteiger partial charge is 0.252 e. The molecular formula is C15H22N2O. The summed E-state index contributed by atoms with van der Waals surface area (Å²) in [4.78, 5) is 13.4. The Balaban J connectivity index is 2.70. The normalized spacial score (nSPS) is 16.6. The third kappa shape index (κ3) is 4.00. The van der Waals surface area contributed by atoms with Crippen LogP contribution in [0.25, 0.3) is 0 Å². The number of hydrogen-bond acceptors (Lipinski definition) is 2. The van der Waals surface area contributed by atoms with Gasteiger partial charge >= 0.3 is 0 Å². The minimum atomic E-state index is 0.0147. The molecule has 0 radical (unpaired) electrons. The molecule has 0 aromatic heterocycles. The molecule has 1 rings (SSSR count). The van der Waals surface area contributed by atoms with Crippen LogP contribution in [0, 0.1) is 0 Å². The van der Waals surface area contributed by atoms with Crippen molar-refractivity contribution in [1.29, 1.82) is 0 Å². The number of likely N-dealkylation sites (N-methyl/N-ethyl adjacent to an activating group) is 1. The number of nitrogens with one attached hydrogen (secondary N) is 1. The van der Waals surface area contributed by atoms with E-state index < -0.39 is 0 Å².